The van der Waals surface area contributed by atoms with Gasteiger partial charge < -0.3 is 9.80 Å². The van der Waals surface area contributed by atoms with Crippen molar-refractivity contribution in [2.45, 2.75) is 72.1 Å². The first-order chi connectivity index (χ1) is 20.0. The fraction of sp³-hybridized carbons (Fsp3) is 0.400. The fourth-order valence-corrected chi connectivity index (χ4v) is 6.20. The molecular weight excluding hydrogens is 508 g/mol. The molecule has 0 spiro atoms. The van der Waals surface area contributed by atoms with Gasteiger partial charge in [0.25, 0.3) is 11.8 Å². The number of hydrogen-bond donors (Lipinski definition) is 0. The first-order valence-electron chi connectivity index (χ1n) is 15.3. The number of aromatic nitrogens is 2. The van der Waals surface area contributed by atoms with E-state index in [4.69, 9.17) is 5.10 Å². The van der Waals surface area contributed by atoms with E-state index in [0.29, 0.717) is 12.2 Å². The van der Waals surface area contributed by atoms with Crippen LogP contribution in [0.2, 0.25) is 0 Å². The largest absolute Gasteiger partial charge is 0.339 e. The molecule has 0 bridgehead atoms. The van der Waals surface area contributed by atoms with E-state index in [1.54, 1.807) is 6.08 Å². The number of carbonyl (C=O) groups is 2. The lowest BCUT2D eigenvalue weighted by Gasteiger charge is -2.30. The van der Waals surface area contributed by atoms with E-state index >= 15 is 0 Å². The number of fused-ring (bicyclic) bond motifs is 1. The first-order valence-corrected chi connectivity index (χ1v) is 15.3. The predicted molar refractivity (Wildman–Crippen MR) is 167 cm³/mol. The molecule has 41 heavy (non-hydrogen) atoms. The molecule has 0 radical (unpaired) electrons. The van der Waals surface area contributed by atoms with E-state index in [1.165, 1.54) is 17.5 Å². The Bertz CT molecular complexity index is 1480. The van der Waals surface area contributed by atoms with Crippen molar-refractivity contribution in [2.24, 2.45) is 0 Å². The molecule has 0 aliphatic carbocycles. The van der Waals surface area contributed by atoms with Gasteiger partial charge in [-0.3, -0.25) is 9.59 Å². The summed E-state index contributed by atoms with van der Waals surface area (Å²) in [6.45, 7) is 12.7. The van der Waals surface area contributed by atoms with Crippen LogP contribution in [0.5, 0.6) is 0 Å². The number of rotatable bonds is 8. The van der Waals surface area contributed by atoms with Crippen LogP contribution >= 0.6 is 0 Å². The van der Waals surface area contributed by atoms with Crippen LogP contribution in [0.1, 0.15) is 95.2 Å². The molecule has 0 unspecified atom stereocenters. The van der Waals surface area contributed by atoms with Crippen LogP contribution in [0.4, 0.5) is 5.69 Å². The van der Waals surface area contributed by atoms with Crippen molar-refractivity contribution in [3.05, 3.63) is 100 Å². The van der Waals surface area contributed by atoms with Gasteiger partial charge in [-0.25, -0.2) is 4.68 Å². The smallest absolute Gasteiger partial charge is 0.278 e. The van der Waals surface area contributed by atoms with Gasteiger partial charge >= 0.3 is 0 Å². The van der Waals surface area contributed by atoms with Gasteiger partial charge in [0.1, 0.15) is 0 Å². The van der Waals surface area contributed by atoms with Crippen LogP contribution in [-0.2, 0) is 25.7 Å². The standard InChI is InChI=1S/C35H42N4O2/c1-5-13-33(28-16-15-25(6-2)26(7-3)22-28)39-30(8-4)24-31(36-39)35(41)38-21-12-14-27-23-29(17-18-32(27)38)34(40)37-19-10-9-11-20-37/h5,13,15-18,22-24H,1,6-12,14,19-21H2,2-4H3/b33-13-. The number of benzene rings is 2. The zero-order valence-corrected chi connectivity index (χ0v) is 24.8. The van der Waals surface area contributed by atoms with Gasteiger partial charge in [-0.05, 0) is 104 Å². The normalized spacial score (nSPS) is 15.5. The molecule has 0 saturated carbocycles. The molecule has 6 heteroatoms. The molecule has 3 heterocycles. The monoisotopic (exact) mass is 550 g/mol. The second-order valence-electron chi connectivity index (χ2n) is 11.0. The Morgan fingerprint density at radius 2 is 1.59 bits per heavy atom. The number of allylic oxidation sites excluding steroid dienone is 2. The highest BCUT2D eigenvalue weighted by Gasteiger charge is 2.28. The van der Waals surface area contributed by atoms with Crippen LogP contribution in [0.15, 0.2) is 61.2 Å². The summed E-state index contributed by atoms with van der Waals surface area (Å²) < 4.78 is 1.90. The van der Waals surface area contributed by atoms with E-state index in [1.807, 2.05) is 44.8 Å². The van der Waals surface area contributed by atoms with Crippen molar-refractivity contribution in [1.29, 1.82) is 0 Å². The van der Waals surface area contributed by atoms with Gasteiger partial charge in [0.15, 0.2) is 5.69 Å². The minimum atomic E-state index is -0.108. The SMILES string of the molecule is C=C/C=C(/c1ccc(CC)c(CC)c1)n1nc(C(=O)N2CCCc3cc(C(=O)N4CCCCC4)ccc32)cc1CC. The molecule has 1 aromatic heterocycles. The van der Waals surface area contributed by atoms with Gasteiger partial charge in [-0.2, -0.15) is 5.10 Å². The van der Waals surface area contributed by atoms with Crippen LogP contribution in [0.25, 0.3) is 5.70 Å². The molecule has 2 amide bonds. The molecule has 6 nitrogen and oxygen atoms in total. The highest BCUT2D eigenvalue weighted by Crippen LogP contribution is 2.31. The Morgan fingerprint density at radius 3 is 2.29 bits per heavy atom. The minimum absolute atomic E-state index is 0.0991. The predicted octanol–water partition coefficient (Wildman–Crippen LogP) is 6.86. The third kappa shape index (κ3) is 5.79. The number of anilines is 1. The molecule has 2 aliphatic rings. The van der Waals surface area contributed by atoms with Crippen LogP contribution in [0, 0.1) is 0 Å². The van der Waals surface area contributed by atoms with Gasteiger partial charge in [0, 0.05) is 42.1 Å². The quantitative estimate of drug-likeness (QED) is 0.288. The molecule has 214 valence electrons. The molecule has 2 aromatic carbocycles. The highest BCUT2D eigenvalue weighted by atomic mass is 16.2. The van der Waals surface area contributed by atoms with Crippen molar-refractivity contribution < 1.29 is 9.59 Å². The lowest BCUT2D eigenvalue weighted by Crippen LogP contribution is -2.37. The number of carbonyl (C=O) groups excluding carboxylic acids is 2. The summed E-state index contributed by atoms with van der Waals surface area (Å²) in [6, 6.07) is 14.3. The summed E-state index contributed by atoms with van der Waals surface area (Å²) in [6.07, 6.45) is 11.5. The van der Waals surface area contributed by atoms with E-state index < -0.39 is 0 Å². The van der Waals surface area contributed by atoms with Gasteiger partial charge in [0.05, 0.1) is 5.70 Å². The molecule has 1 fully saturated rings. The average molecular weight is 551 g/mol. The molecule has 0 N–H and O–H groups in total. The summed E-state index contributed by atoms with van der Waals surface area (Å²) in [5.41, 5.74) is 8.70. The van der Waals surface area contributed by atoms with Crippen molar-refractivity contribution >= 4 is 23.2 Å². The Labute approximate surface area is 244 Å². The van der Waals surface area contributed by atoms with Crippen molar-refractivity contribution in [1.82, 2.24) is 14.7 Å². The Morgan fingerprint density at radius 1 is 0.829 bits per heavy atom. The molecule has 0 atom stereocenters. The number of hydrogen-bond acceptors (Lipinski definition) is 3. The Kier molecular flexibility index (Phi) is 8.87. The maximum absolute atomic E-state index is 13.9. The maximum atomic E-state index is 13.9. The highest BCUT2D eigenvalue weighted by molar-refractivity contribution is 6.06. The second-order valence-corrected chi connectivity index (χ2v) is 11.0. The fourth-order valence-electron chi connectivity index (χ4n) is 6.20. The summed E-state index contributed by atoms with van der Waals surface area (Å²) in [5.74, 6) is -0.00921. The minimum Gasteiger partial charge on any atom is -0.339 e. The topological polar surface area (TPSA) is 58.4 Å². The number of aryl methyl sites for hydroxylation is 4. The lowest BCUT2D eigenvalue weighted by molar-refractivity contribution is 0.0724. The van der Waals surface area contributed by atoms with E-state index in [2.05, 4.69) is 45.5 Å². The third-order valence-electron chi connectivity index (χ3n) is 8.47. The summed E-state index contributed by atoms with van der Waals surface area (Å²) >= 11 is 0. The maximum Gasteiger partial charge on any atom is 0.278 e. The first kappa shape index (κ1) is 28.6. The Hall–Kier alpha value is -3.93. The molecule has 2 aliphatic heterocycles. The van der Waals surface area contributed by atoms with Gasteiger partial charge in [-0.15, -0.1) is 0 Å². The zero-order chi connectivity index (χ0) is 28.9. The average Bonchev–Trinajstić information content (AvgIpc) is 3.46. The summed E-state index contributed by atoms with van der Waals surface area (Å²) in [5, 5.41) is 4.88. The van der Waals surface area contributed by atoms with Crippen molar-refractivity contribution in [3.8, 4) is 0 Å². The van der Waals surface area contributed by atoms with Gasteiger partial charge in [-0.1, -0.05) is 45.6 Å². The zero-order valence-electron chi connectivity index (χ0n) is 24.8. The number of nitrogens with zero attached hydrogens (tertiary/aromatic N) is 4. The summed E-state index contributed by atoms with van der Waals surface area (Å²) in [4.78, 5) is 30.9. The van der Waals surface area contributed by atoms with Crippen LogP contribution in [0.3, 0.4) is 0 Å². The molecule has 1 saturated heterocycles. The molecule has 5 rings (SSSR count). The number of likely N-dealkylation sites (tertiary alicyclic amines) is 1. The Balaban J connectivity index is 1.45. The molecular formula is C35H42N4O2. The van der Waals surface area contributed by atoms with E-state index in [9.17, 15) is 9.59 Å². The number of piperidine rings is 1. The van der Waals surface area contributed by atoms with Crippen LogP contribution < -0.4 is 4.90 Å². The second kappa shape index (κ2) is 12.7. The van der Waals surface area contributed by atoms with Crippen LogP contribution in [-0.4, -0.2) is 46.1 Å². The lowest BCUT2D eigenvalue weighted by atomic mass is 9.98. The van der Waals surface area contributed by atoms with E-state index in [0.717, 1.165) is 91.8 Å². The van der Waals surface area contributed by atoms with Gasteiger partial charge in [0.2, 0.25) is 0 Å². The van der Waals surface area contributed by atoms with Crippen molar-refractivity contribution in [3.63, 3.8) is 0 Å². The molecule has 3 aromatic rings. The summed E-state index contributed by atoms with van der Waals surface area (Å²) in [7, 11) is 0. The third-order valence-corrected chi connectivity index (χ3v) is 8.47. The van der Waals surface area contributed by atoms with Crippen molar-refractivity contribution in [2.75, 3.05) is 24.5 Å². The number of amides is 2. The van der Waals surface area contributed by atoms with E-state index in [-0.39, 0.29) is 11.8 Å².